The van der Waals surface area contributed by atoms with Crippen molar-refractivity contribution in [1.82, 2.24) is 15.1 Å². The number of aromatic nitrogens is 3. The number of thiazole rings is 1. The van der Waals surface area contributed by atoms with Crippen LogP contribution in [0.25, 0.3) is 22.2 Å². The van der Waals surface area contributed by atoms with Crippen LogP contribution in [0.2, 0.25) is 0 Å². The molecule has 0 atom stereocenters. The number of aryl methyl sites for hydroxylation is 1. The Morgan fingerprint density at radius 1 is 1.35 bits per heavy atom. The molecule has 2 N–H and O–H groups in total. The highest BCUT2D eigenvalue weighted by molar-refractivity contribution is 9.10. The van der Waals surface area contributed by atoms with E-state index >= 15 is 0 Å². The molecule has 0 amide bonds. The van der Waals surface area contributed by atoms with Gasteiger partial charge in [-0.2, -0.15) is 4.98 Å². The molecular weight excluding hydrogens is 347 g/mol. The van der Waals surface area contributed by atoms with Gasteiger partial charge >= 0.3 is 0 Å². The van der Waals surface area contributed by atoms with Crippen molar-refractivity contribution in [2.24, 2.45) is 0 Å². The third kappa shape index (κ3) is 2.32. The number of halogens is 2. The van der Waals surface area contributed by atoms with Crippen molar-refractivity contribution < 1.29 is 8.91 Å². The molecule has 5 nitrogen and oxygen atoms in total. The van der Waals surface area contributed by atoms with Crippen LogP contribution in [0.1, 0.15) is 5.69 Å². The van der Waals surface area contributed by atoms with Gasteiger partial charge in [-0.05, 0) is 41.1 Å². The van der Waals surface area contributed by atoms with E-state index < -0.39 is 0 Å². The van der Waals surface area contributed by atoms with E-state index in [1.807, 2.05) is 6.92 Å². The molecule has 0 aliphatic carbocycles. The molecule has 1 aromatic carbocycles. The second-order valence-corrected chi connectivity index (χ2v) is 5.90. The van der Waals surface area contributed by atoms with Gasteiger partial charge in [-0.1, -0.05) is 16.5 Å². The highest BCUT2D eigenvalue weighted by Gasteiger charge is 2.16. The molecule has 0 saturated carbocycles. The molecule has 0 bridgehead atoms. The third-order valence-electron chi connectivity index (χ3n) is 2.61. The summed E-state index contributed by atoms with van der Waals surface area (Å²) >= 11 is 4.41. The number of hydrogen-bond donors (Lipinski definition) is 1. The smallest absolute Gasteiger partial charge is 0.270 e. The fourth-order valence-corrected chi connectivity index (χ4v) is 2.82. The lowest BCUT2D eigenvalue weighted by Crippen LogP contribution is -1.84. The van der Waals surface area contributed by atoms with Gasteiger partial charge in [0.2, 0.25) is 5.82 Å². The summed E-state index contributed by atoms with van der Waals surface area (Å²) in [6, 6.07) is 4.52. The topological polar surface area (TPSA) is 77.8 Å². The van der Waals surface area contributed by atoms with Gasteiger partial charge in [-0.15, -0.1) is 0 Å². The van der Waals surface area contributed by atoms with Gasteiger partial charge in [0.25, 0.3) is 5.89 Å². The van der Waals surface area contributed by atoms with Gasteiger partial charge in [-0.25, -0.2) is 9.37 Å². The maximum absolute atomic E-state index is 13.2. The molecule has 0 fully saturated rings. The predicted molar refractivity (Wildman–Crippen MR) is 77.6 cm³/mol. The zero-order chi connectivity index (χ0) is 14.3. The number of hydrogen-bond acceptors (Lipinski definition) is 6. The van der Waals surface area contributed by atoms with Gasteiger partial charge in [0.05, 0.1) is 10.2 Å². The molecule has 8 heteroatoms. The molecule has 102 valence electrons. The fourth-order valence-electron chi connectivity index (χ4n) is 1.68. The average molecular weight is 355 g/mol. The zero-order valence-corrected chi connectivity index (χ0v) is 12.6. The summed E-state index contributed by atoms with van der Waals surface area (Å²) in [6.45, 7) is 1.82. The number of rotatable bonds is 2. The van der Waals surface area contributed by atoms with Crippen LogP contribution in [0.15, 0.2) is 27.2 Å². The lowest BCUT2D eigenvalue weighted by atomic mass is 10.2. The second-order valence-electron chi connectivity index (χ2n) is 4.02. The van der Waals surface area contributed by atoms with Crippen LogP contribution in [0, 0.1) is 12.7 Å². The lowest BCUT2D eigenvalue weighted by molar-refractivity contribution is 0.433. The van der Waals surface area contributed by atoms with E-state index in [0.29, 0.717) is 26.9 Å². The van der Waals surface area contributed by atoms with Gasteiger partial charge in [0, 0.05) is 5.56 Å². The monoisotopic (exact) mass is 354 g/mol. The molecule has 3 aromatic rings. The fraction of sp³-hybridized carbons (Fsp3) is 0.0833. The first-order valence-electron chi connectivity index (χ1n) is 5.57. The largest absolute Gasteiger partial charge is 0.375 e. The van der Waals surface area contributed by atoms with Crippen molar-refractivity contribution in [3.63, 3.8) is 0 Å². The number of anilines is 1. The molecule has 0 unspecified atom stereocenters. The quantitative estimate of drug-likeness (QED) is 0.759. The van der Waals surface area contributed by atoms with Gasteiger partial charge in [-0.3, -0.25) is 0 Å². The van der Waals surface area contributed by atoms with Gasteiger partial charge in [0.15, 0.2) is 5.13 Å². The second kappa shape index (κ2) is 4.95. The van der Waals surface area contributed by atoms with Crippen molar-refractivity contribution in [2.45, 2.75) is 6.92 Å². The number of nitrogens with two attached hydrogens (primary N) is 1. The number of benzene rings is 1. The maximum Gasteiger partial charge on any atom is 0.270 e. The van der Waals surface area contributed by atoms with Crippen molar-refractivity contribution in [3.05, 3.63) is 34.2 Å². The zero-order valence-electron chi connectivity index (χ0n) is 10.2. The SMILES string of the molecule is Cc1nc(N)sc1-c1nc(-c2ccc(F)c(Br)c2)no1. The highest BCUT2D eigenvalue weighted by atomic mass is 79.9. The first-order valence-corrected chi connectivity index (χ1v) is 7.18. The summed E-state index contributed by atoms with van der Waals surface area (Å²) in [6.07, 6.45) is 0. The minimum absolute atomic E-state index is 0.344. The molecule has 0 saturated heterocycles. The lowest BCUT2D eigenvalue weighted by Gasteiger charge is -1.96. The van der Waals surface area contributed by atoms with Crippen LogP contribution in [0.5, 0.6) is 0 Å². The standard InChI is InChI=1S/C12H8BrFN4OS/c1-5-9(20-12(15)16-5)11-17-10(18-19-11)6-2-3-8(14)7(13)4-6/h2-4H,1H3,(H2,15,16). The molecular formula is C12H8BrFN4OS. The van der Waals surface area contributed by atoms with Crippen molar-refractivity contribution in [3.8, 4) is 22.2 Å². The average Bonchev–Trinajstić information content (AvgIpc) is 2.99. The van der Waals surface area contributed by atoms with E-state index in [9.17, 15) is 4.39 Å². The summed E-state index contributed by atoms with van der Waals surface area (Å²) in [7, 11) is 0. The number of nitrogen functional groups attached to an aromatic ring is 1. The summed E-state index contributed by atoms with van der Waals surface area (Å²) in [5.41, 5.74) is 7.04. The summed E-state index contributed by atoms with van der Waals surface area (Å²) in [4.78, 5) is 9.13. The third-order valence-corrected chi connectivity index (χ3v) is 4.19. The minimum Gasteiger partial charge on any atom is -0.375 e. The Kier molecular flexibility index (Phi) is 3.27. The Morgan fingerprint density at radius 2 is 2.15 bits per heavy atom. The summed E-state index contributed by atoms with van der Waals surface area (Å²) < 4.78 is 18.8. The van der Waals surface area contributed by atoms with E-state index in [-0.39, 0.29) is 5.82 Å². The van der Waals surface area contributed by atoms with Crippen LogP contribution < -0.4 is 5.73 Å². The van der Waals surface area contributed by atoms with Gasteiger partial charge in [0.1, 0.15) is 10.7 Å². The predicted octanol–water partition coefficient (Wildman–Crippen LogP) is 3.65. The van der Waals surface area contributed by atoms with Crippen LogP contribution in [-0.4, -0.2) is 15.1 Å². The van der Waals surface area contributed by atoms with E-state index in [1.165, 1.54) is 17.4 Å². The van der Waals surface area contributed by atoms with E-state index in [0.717, 1.165) is 10.6 Å². The van der Waals surface area contributed by atoms with Crippen molar-refractivity contribution >= 4 is 32.4 Å². The summed E-state index contributed by atoms with van der Waals surface area (Å²) in [5.74, 6) is 0.391. The molecule has 2 heterocycles. The van der Waals surface area contributed by atoms with E-state index in [1.54, 1.807) is 12.1 Å². The highest BCUT2D eigenvalue weighted by Crippen LogP contribution is 2.31. The van der Waals surface area contributed by atoms with Crippen LogP contribution in [0.3, 0.4) is 0 Å². The molecule has 0 radical (unpaired) electrons. The van der Waals surface area contributed by atoms with E-state index in [4.69, 9.17) is 10.3 Å². The Morgan fingerprint density at radius 3 is 2.80 bits per heavy atom. The normalized spacial score (nSPS) is 10.9. The Bertz CT molecular complexity index is 786. The number of nitrogens with zero attached hydrogens (tertiary/aromatic N) is 3. The molecule has 0 spiro atoms. The van der Waals surface area contributed by atoms with Crippen LogP contribution >= 0.6 is 27.3 Å². The Labute approximate surface area is 125 Å². The molecule has 0 aliphatic heterocycles. The summed E-state index contributed by atoms with van der Waals surface area (Å²) in [5, 5.41) is 4.34. The van der Waals surface area contributed by atoms with E-state index in [2.05, 4.69) is 31.1 Å². The van der Waals surface area contributed by atoms with Crippen LogP contribution in [-0.2, 0) is 0 Å². The molecule has 3 rings (SSSR count). The van der Waals surface area contributed by atoms with Gasteiger partial charge < -0.3 is 10.3 Å². The van der Waals surface area contributed by atoms with Crippen LogP contribution in [0.4, 0.5) is 9.52 Å². The Hall–Kier alpha value is -1.80. The molecule has 20 heavy (non-hydrogen) atoms. The first-order chi connectivity index (χ1) is 9.54. The van der Waals surface area contributed by atoms with Crippen molar-refractivity contribution in [1.29, 1.82) is 0 Å². The minimum atomic E-state index is -0.344. The molecule has 2 aromatic heterocycles. The molecule has 0 aliphatic rings. The Balaban J connectivity index is 2.01. The van der Waals surface area contributed by atoms with Crippen molar-refractivity contribution in [2.75, 3.05) is 5.73 Å². The maximum atomic E-state index is 13.2. The first kappa shape index (κ1) is 13.2.